The molecule has 0 radical (unpaired) electrons. The van der Waals surface area contributed by atoms with Gasteiger partial charge in [0.15, 0.2) is 0 Å². The molecule has 0 aromatic carbocycles. The molecule has 0 amide bonds. The van der Waals surface area contributed by atoms with E-state index >= 15 is 0 Å². The van der Waals surface area contributed by atoms with Gasteiger partial charge in [0.2, 0.25) is 0 Å². The Bertz CT molecular complexity index is 400. The fourth-order valence-corrected chi connectivity index (χ4v) is 2.62. The van der Waals surface area contributed by atoms with Gasteiger partial charge in [-0.25, -0.2) is 4.98 Å². The van der Waals surface area contributed by atoms with E-state index in [1.165, 1.54) is 0 Å². The van der Waals surface area contributed by atoms with E-state index in [9.17, 15) is 13.2 Å². The lowest BCUT2D eigenvalue weighted by atomic mass is 10.0. The van der Waals surface area contributed by atoms with Crippen LogP contribution in [0.15, 0.2) is 24.4 Å². The summed E-state index contributed by atoms with van der Waals surface area (Å²) in [5.41, 5.74) is 0. The number of hydrogen-bond donors (Lipinski definition) is 1. The third-order valence-electron chi connectivity index (χ3n) is 3.53. The summed E-state index contributed by atoms with van der Waals surface area (Å²) < 4.78 is 36.9. The summed E-state index contributed by atoms with van der Waals surface area (Å²) in [6.07, 6.45) is -1.42. The van der Waals surface area contributed by atoms with Crippen LogP contribution in [0, 0.1) is 0 Å². The van der Waals surface area contributed by atoms with E-state index in [-0.39, 0.29) is 6.04 Å². The number of hydrogen-bond acceptors (Lipinski definition) is 3. The van der Waals surface area contributed by atoms with Gasteiger partial charge >= 0.3 is 6.18 Å². The number of alkyl halides is 3. The molecule has 0 aliphatic carbocycles. The minimum absolute atomic E-state index is 0.160. The highest BCUT2D eigenvalue weighted by Crippen LogP contribution is 2.23. The van der Waals surface area contributed by atoms with Crippen LogP contribution in [-0.2, 0) is 0 Å². The maximum atomic E-state index is 12.3. The molecule has 2 heterocycles. The number of anilines is 1. The number of rotatable bonds is 4. The third-order valence-corrected chi connectivity index (χ3v) is 3.53. The molecule has 3 nitrogen and oxygen atoms in total. The molecular weight excluding hydrogens is 267 g/mol. The molecule has 2 rings (SSSR count). The van der Waals surface area contributed by atoms with Gasteiger partial charge in [-0.15, -0.1) is 0 Å². The van der Waals surface area contributed by atoms with E-state index in [0.29, 0.717) is 0 Å². The SMILES string of the molecule is CC(CC(F)(F)F)NC1CCN(c2ccccn2)CC1. The molecule has 1 fully saturated rings. The predicted molar refractivity (Wildman–Crippen MR) is 72.7 cm³/mol. The first-order valence-electron chi connectivity index (χ1n) is 6.93. The van der Waals surface area contributed by atoms with Gasteiger partial charge in [-0.3, -0.25) is 0 Å². The molecule has 1 aliphatic heterocycles. The average molecular weight is 287 g/mol. The summed E-state index contributed by atoms with van der Waals surface area (Å²) in [7, 11) is 0. The maximum absolute atomic E-state index is 12.3. The van der Waals surface area contributed by atoms with E-state index in [1.54, 1.807) is 13.1 Å². The molecular formula is C14H20F3N3. The van der Waals surface area contributed by atoms with Crippen LogP contribution >= 0.6 is 0 Å². The highest BCUT2D eigenvalue weighted by molar-refractivity contribution is 5.38. The van der Waals surface area contributed by atoms with Crippen molar-refractivity contribution in [2.24, 2.45) is 0 Å². The first-order valence-corrected chi connectivity index (χ1v) is 6.93. The van der Waals surface area contributed by atoms with Gasteiger partial charge in [0.05, 0.1) is 6.42 Å². The van der Waals surface area contributed by atoms with Gasteiger partial charge in [-0.1, -0.05) is 6.07 Å². The van der Waals surface area contributed by atoms with Crippen molar-refractivity contribution in [2.75, 3.05) is 18.0 Å². The van der Waals surface area contributed by atoms with Crippen LogP contribution in [0.1, 0.15) is 26.2 Å². The molecule has 0 saturated carbocycles. The Morgan fingerprint density at radius 2 is 2.05 bits per heavy atom. The van der Waals surface area contributed by atoms with Crippen molar-refractivity contribution in [3.63, 3.8) is 0 Å². The summed E-state index contributed by atoms with van der Waals surface area (Å²) in [5.74, 6) is 0.939. The zero-order chi connectivity index (χ0) is 14.6. The lowest BCUT2D eigenvalue weighted by Crippen LogP contribution is -2.46. The topological polar surface area (TPSA) is 28.2 Å². The monoisotopic (exact) mass is 287 g/mol. The van der Waals surface area contributed by atoms with Crippen molar-refractivity contribution >= 4 is 5.82 Å². The molecule has 1 unspecified atom stereocenters. The molecule has 1 atom stereocenters. The normalized spacial score (nSPS) is 19.1. The fourth-order valence-electron chi connectivity index (χ4n) is 2.62. The molecule has 20 heavy (non-hydrogen) atoms. The maximum Gasteiger partial charge on any atom is 0.390 e. The number of halogens is 3. The lowest BCUT2D eigenvalue weighted by Gasteiger charge is -2.34. The summed E-state index contributed by atoms with van der Waals surface area (Å²) in [4.78, 5) is 6.47. The van der Waals surface area contributed by atoms with E-state index in [0.717, 1.165) is 31.7 Å². The van der Waals surface area contributed by atoms with Crippen molar-refractivity contribution in [2.45, 2.75) is 44.4 Å². The third kappa shape index (κ3) is 4.67. The molecule has 1 aromatic rings. The number of nitrogens with zero attached hydrogens (tertiary/aromatic N) is 2. The highest BCUT2D eigenvalue weighted by Gasteiger charge is 2.31. The van der Waals surface area contributed by atoms with Crippen molar-refractivity contribution in [3.8, 4) is 0 Å². The van der Waals surface area contributed by atoms with Gasteiger partial charge in [0.1, 0.15) is 5.82 Å². The van der Waals surface area contributed by atoms with Crippen LogP contribution in [0.2, 0.25) is 0 Å². The molecule has 1 aliphatic rings. The second-order valence-corrected chi connectivity index (χ2v) is 5.34. The Labute approximate surface area is 117 Å². The Morgan fingerprint density at radius 3 is 2.60 bits per heavy atom. The van der Waals surface area contributed by atoms with Gasteiger partial charge in [-0.05, 0) is 31.9 Å². The lowest BCUT2D eigenvalue weighted by molar-refractivity contribution is -0.139. The van der Waals surface area contributed by atoms with Crippen molar-refractivity contribution in [1.82, 2.24) is 10.3 Å². The summed E-state index contributed by atoms with van der Waals surface area (Å²) >= 11 is 0. The Balaban J connectivity index is 1.77. The number of pyridine rings is 1. The number of nitrogens with one attached hydrogen (secondary N) is 1. The fraction of sp³-hybridized carbons (Fsp3) is 0.643. The standard InChI is InChI=1S/C14H20F3N3/c1-11(10-14(15,16)17)19-12-5-8-20(9-6-12)13-4-2-3-7-18-13/h2-4,7,11-12,19H,5-6,8-10H2,1H3. The van der Waals surface area contributed by atoms with Crippen LogP contribution in [0.25, 0.3) is 0 Å². The van der Waals surface area contributed by atoms with Crippen molar-refractivity contribution in [3.05, 3.63) is 24.4 Å². The summed E-state index contributed by atoms with van der Waals surface area (Å²) in [6.45, 7) is 3.25. The Hall–Kier alpha value is -1.30. The quantitative estimate of drug-likeness (QED) is 0.922. The Morgan fingerprint density at radius 1 is 1.35 bits per heavy atom. The minimum atomic E-state index is -4.10. The van der Waals surface area contributed by atoms with E-state index in [1.807, 2.05) is 18.2 Å². The second-order valence-electron chi connectivity index (χ2n) is 5.34. The first-order chi connectivity index (χ1) is 9.44. The highest BCUT2D eigenvalue weighted by atomic mass is 19.4. The van der Waals surface area contributed by atoms with Gasteiger partial charge in [0, 0.05) is 31.4 Å². The van der Waals surface area contributed by atoms with Crippen LogP contribution in [-0.4, -0.2) is 36.3 Å². The average Bonchev–Trinajstić information content (AvgIpc) is 2.38. The predicted octanol–water partition coefficient (Wildman–Crippen LogP) is 2.98. The van der Waals surface area contributed by atoms with Gasteiger partial charge in [0.25, 0.3) is 0 Å². The minimum Gasteiger partial charge on any atom is -0.357 e. The Kier molecular flexibility index (Phi) is 4.86. The first kappa shape index (κ1) is 15.1. The molecule has 1 aromatic heterocycles. The van der Waals surface area contributed by atoms with Gasteiger partial charge < -0.3 is 10.2 Å². The largest absolute Gasteiger partial charge is 0.390 e. The van der Waals surface area contributed by atoms with Crippen molar-refractivity contribution < 1.29 is 13.2 Å². The molecule has 0 spiro atoms. The smallest absolute Gasteiger partial charge is 0.357 e. The molecule has 1 saturated heterocycles. The van der Waals surface area contributed by atoms with E-state index in [4.69, 9.17) is 0 Å². The van der Waals surface area contributed by atoms with Crippen LogP contribution in [0.3, 0.4) is 0 Å². The number of piperidine rings is 1. The molecule has 0 bridgehead atoms. The molecule has 6 heteroatoms. The molecule has 1 N–H and O–H groups in total. The van der Waals surface area contributed by atoms with E-state index < -0.39 is 18.6 Å². The van der Waals surface area contributed by atoms with Crippen LogP contribution in [0.4, 0.5) is 19.0 Å². The van der Waals surface area contributed by atoms with E-state index in [2.05, 4.69) is 15.2 Å². The van der Waals surface area contributed by atoms with Crippen LogP contribution < -0.4 is 10.2 Å². The number of aromatic nitrogens is 1. The zero-order valence-electron chi connectivity index (χ0n) is 11.5. The van der Waals surface area contributed by atoms with Gasteiger partial charge in [-0.2, -0.15) is 13.2 Å². The van der Waals surface area contributed by atoms with Crippen molar-refractivity contribution in [1.29, 1.82) is 0 Å². The van der Waals surface area contributed by atoms with Crippen LogP contribution in [0.5, 0.6) is 0 Å². The second kappa shape index (κ2) is 6.43. The molecule has 112 valence electrons. The zero-order valence-corrected chi connectivity index (χ0v) is 11.5. The summed E-state index contributed by atoms with van der Waals surface area (Å²) in [6, 6.07) is 5.41. The summed E-state index contributed by atoms with van der Waals surface area (Å²) in [5, 5.41) is 3.08.